The fourth-order valence-electron chi connectivity index (χ4n) is 1.38. The maximum Gasteiger partial charge on any atom is 0.290 e. The minimum Gasteiger partial charge on any atom is -0.309 e. The molecule has 0 aromatic heterocycles. The van der Waals surface area contributed by atoms with Crippen LogP contribution in [0.15, 0.2) is 24.3 Å². The van der Waals surface area contributed by atoms with E-state index >= 15 is 0 Å². The molecule has 0 heterocycles. The maximum absolute atomic E-state index is 11.1. The van der Waals surface area contributed by atoms with Crippen molar-refractivity contribution in [1.82, 2.24) is 0 Å². The lowest BCUT2D eigenvalue weighted by Gasteiger charge is -2.14. The lowest BCUT2D eigenvalue weighted by Crippen LogP contribution is -2.26. The van der Waals surface area contributed by atoms with Crippen LogP contribution in [0.1, 0.15) is 18.9 Å². The topological polar surface area (TPSA) is 37.4 Å². The molecule has 1 amide bonds. The lowest BCUT2D eigenvalue weighted by atomic mass is 10.1. The van der Waals surface area contributed by atoms with E-state index < -0.39 is 5.91 Å². The molecular formula is C12H15NO2. The predicted octanol–water partition coefficient (Wildman–Crippen LogP) is 1.80. The van der Waals surface area contributed by atoms with Crippen LogP contribution in [0, 0.1) is 0 Å². The van der Waals surface area contributed by atoms with Gasteiger partial charge in [-0.2, -0.15) is 0 Å². The van der Waals surface area contributed by atoms with E-state index in [1.807, 2.05) is 24.3 Å². The molecule has 0 saturated carbocycles. The molecule has 0 atom stereocenters. The van der Waals surface area contributed by atoms with Gasteiger partial charge in [0.25, 0.3) is 5.91 Å². The van der Waals surface area contributed by atoms with E-state index in [0.717, 1.165) is 18.5 Å². The van der Waals surface area contributed by atoms with E-state index in [4.69, 9.17) is 0 Å². The number of carbonyl (C=O) groups excluding carboxylic acids is 2. The van der Waals surface area contributed by atoms with Crippen LogP contribution in [0.3, 0.4) is 0 Å². The Hall–Kier alpha value is -1.64. The van der Waals surface area contributed by atoms with Crippen LogP contribution in [-0.4, -0.2) is 19.2 Å². The summed E-state index contributed by atoms with van der Waals surface area (Å²) in [5.74, 6) is -0.529. The van der Waals surface area contributed by atoms with Crippen molar-refractivity contribution in [3.8, 4) is 0 Å². The highest BCUT2D eigenvalue weighted by atomic mass is 16.2. The number of anilines is 1. The van der Waals surface area contributed by atoms with E-state index in [0.29, 0.717) is 6.29 Å². The zero-order chi connectivity index (χ0) is 11.3. The molecule has 0 aliphatic rings. The molecule has 0 aliphatic heterocycles. The second-order valence-corrected chi connectivity index (χ2v) is 3.43. The van der Waals surface area contributed by atoms with Crippen LogP contribution in [0.25, 0.3) is 0 Å². The van der Waals surface area contributed by atoms with Gasteiger partial charge in [-0.1, -0.05) is 25.5 Å². The average Bonchev–Trinajstić information content (AvgIpc) is 2.28. The Bertz CT molecular complexity index is 343. The van der Waals surface area contributed by atoms with Gasteiger partial charge in [0, 0.05) is 12.7 Å². The summed E-state index contributed by atoms with van der Waals surface area (Å²) in [6, 6.07) is 7.67. The first kappa shape index (κ1) is 11.4. The van der Waals surface area contributed by atoms with Gasteiger partial charge in [-0.15, -0.1) is 0 Å². The zero-order valence-electron chi connectivity index (χ0n) is 9.06. The Morgan fingerprint density at radius 2 is 1.93 bits per heavy atom. The fourth-order valence-corrected chi connectivity index (χ4v) is 1.38. The summed E-state index contributed by atoms with van der Waals surface area (Å²) in [5, 5.41) is 0. The first-order valence-corrected chi connectivity index (χ1v) is 5.00. The molecule has 0 fully saturated rings. The second-order valence-electron chi connectivity index (χ2n) is 3.43. The Kier molecular flexibility index (Phi) is 4.03. The van der Waals surface area contributed by atoms with Crippen molar-refractivity contribution in [2.75, 3.05) is 11.9 Å². The number of aryl methyl sites for hydroxylation is 1. The van der Waals surface area contributed by atoms with Gasteiger partial charge < -0.3 is 4.90 Å². The molecule has 3 heteroatoms. The van der Waals surface area contributed by atoms with E-state index in [9.17, 15) is 9.59 Å². The van der Waals surface area contributed by atoms with Gasteiger partial charge in [0.1, 0.15) is 0 Å². The van der Waals surface area contributed by atoms with Crippen molar-refractivity contribution in [2.45, 2.75) is 19.8 Å². The third-order valence-corrected chi connectivity index (χ3v) is 2.29. The molecule has 80 valence electrons. The van der Waals surface area contributed by atoms with E-state index in [1.54, 1.807) is 7.05 Å². The predicted molar refractivity (Wildman–Crippen MR) is 59.9 cm³/mol. The highest BCUT2D eigenvalue weighted by molar-refractivity contribution is 6.30. The van der Waals surface area contributed by atoms with Gasteiger partial charge in [-0.3, -0.25) is 9.59 Å². The highest BCUT2D eigenvalue weighted by Crippen LogP contribution is 2.14. The van der Waals surface area contributed by atoms with Crippen LogP contribution in [0.4, 0.5) is 5.69 Å². The smallest absolute Gasteiger partial charge is 0.290 e. The third-order valence-electron chi connectivity index (χ3n) is 2.29. The molecule has 0 saturated heterocycles. The van der Waals surface area contributed by atoms with Gasteiger partial charge >= 0.3 is 0 Å². The summed E-state index contributed by atoms with van der Waals surface area (Å²) in [5.41, 5.74) is 1.99. The molecule has 15 heavy (non-hydrogen) atoms. The molecule has 1 rings (SSSR count). The van der Waals surface area contributed by atoms with Crippen molar-refractivity contribution < 1.29 is 9.59 Å². The van der Waals surface area contributed by atoms with Crippen LogP contribution < -0.4 is 4.90 Å². The van der Waals surface area contributed by atoms with Crippen LogP contribution in [0.2, 0.25) is 0 Å². The minimum atomic E-state index is -0.529. The SMILES string of the molecule is CCCc1ccc(N(C)C(=O)C=O)cc1. The number of nitrogens with zero attached hydrogens (tertiary/aromatic N) is 1. The highest BCUT2D eigenvalue weighted by Gasteiger charge is 2.08. The van der Waals surface area contributed by atoms with E-state index in [-0.39, 0.29) is 0 Å². The average molecular weight is 205 g/mol. The Balaban J connectivity index is 2.79. The summed E-state index contributed by atoms with van der Waals surface area (Å²) in [6.07, 6.45) is 2.45. The van der Waals surface area contributed by atoms with Crippen LogP contribution >= 0.6 is 0 Å². The summed E-state index contributed by atoms with van der Waals surface area (Å²) in [7, 11) is 1.59. The second kappa shape index (κ2) is 5.29. The number of hydrogen-bond acceptors (Lipinski definition) is 2. The van der Waals surface area contributed by atoms with Gasteiger partial charge in [0.2, 0.25) is 6.29 Å². The number of likely N-dealkylation sites (N-methyl/N-ethyl adjacent to an activating group) is 1. The Labute approximate surface area is 89.7 Å². The van der Waals surface area contributed by atoms with Gasteiger partial charge in [0.05, 0.1) is 0 Å². The summed E-state index contributed by atoms with van der Waals surface area (Å²) < 4.78 is 0. The first-order chi connectivity index (χ1) is 7.19. The molecule has 1 aromatic carbocycles. The van der Waals surface area contributed by atoms with Gasteiger partial charge in [-0.05, 0) is 24.1 Å². The lowest BCUT2D eigenvalue weighted by molar-refractivity contribution is -0.129. The number of benzene rings is 1. The normalized spacial score (nSPS) is 9.73. The first-order valence-electron chi connectivity index (χ1n) is 5.00. The quantitative estimate of drug-likeness (QED) is 0.555. The molecular weight excluding hydrogens is 190 g/mol. The third kappa shape index (κ3) is 2.91. The molecule has 0 aliphatic carbocycles. The molecule has 1 aromatic rings. The van der Waals surface area contributed by atoms with Crippen molar-refractivity contribution in [3.63, 3.8) is 0 Å². The number of amides is 1. The standard InChI is InChI=1S/C12H15NO2/c1-3-4-10-5-7-11(8-6-10)13(2)12(15)9-14/h5-9H,3-4H2,1-2H3. The number of rotatable bonds is 4. The summed E-state index contributed by atoms with van der Waals surface area (Å²) in [6.45, 7) is 2.12. The number of hydrogen-bond donors (Lipinski definition) is 0. The Morgan fingerprint density at radius 3 is 2.40 bits per heavy atom. The van der Waals surface area contributed by atoms with Crippen LogP contribution in [0.5, 0.6) is 0 Å². The Morgan fingerprint density at radius 1 is 1.33 bits per heavy atom. The number of carbonyl (C=O) groups is 2. The van der Waals surface area contributed by atoms with Gasteiger partial charge in [0.15, 0.2) is 0 Å². The van der Waals surface area contributed by atoms with E-state index in [2.05, 4.69) is 6.92 Å². The van der Waals surface area contributed by atoms with Crippen LogP contribution in [-0.2, 0) is 16.0 Å². The van der Waals surface area contributed by atoms with Crippen molar-refractivity contribution in [3.05, 3.63) is 29.8 Å². The molecule has 0 bridgehead atoms. The largest absolute Gasteiger partial charge is 0.309 e. The molecule has 0 N–H and O–H groups in total. The molecule has 0 unspecified atom stereocenters. The van der Waals surface area contributed by atoms with Crippen molar-refractivity contribution in [1.29, 1.82) is 0 Å². The summed E-state index contributed by atoms with van der Waals surface area (Å²) >= 11 is 0. The molecule has 0 spiro atoms. The van der Waals surface area contributed by atoms with Gasteiger partial charge in [-0.25, -0.2) is 0 Å². The van der Waals surface area contributed by atoms with Crippen molar-refractivity contribution in [2.24, 2.45) is 0 Å². The zero-order valence-corrected chi connectivity index (χ0v) is 9.06. The number of aldehydes is 1. The summed E-state index contributed by atoms with van der Waals surface area (Å²) in [4.78, 5) is 22.7. The maximum atomic E-state index is 11.1. The fraction of sp³-hybridized carbons (Fsp3) is 0.333. The minimum absolute atomic E-state index is 0.319. The molecule has 0 radical (unpaired) electrons. The van der Waals surface area contributed by atoms with E-state index in [1.165, 1.54) is 10.5 Å². The van der Waals surface area contributed by atoms with Crippen molar-refractivity contribution >= 4 is 17.9 Å². The molecule has 3 nitrogen and oxygen atoms in total. The monoisotopic (exact) mass is 205 g/mol.